The van der Waals surface area contributed by atoms with Gasteiger partial charge in [-0.25, -0.2) is 0 Å². The first kappa shape index (κ1) is 25.2. The highest BCUT2D eigenvalue weighted by atomic mass is 32.2. The molecule has 2 N–H and O–H groups in total. The third kappa shape index (κ3) is 6.84. The standard InChI is InChI=1S/C28H24N4O2S2/c1-19(31-33)21-3-11-25(12-4-21)35-27-15-7-23(8-16-27)29-30-24-9-17-28(18-10-24)36-26-13-5-22(6-14-26)20(2)32-34/h3-18,33-34H,1-2H3. The van der Waals surface area contributed by atoms with E-state index in [2.05, 4.69) is 20.5 Å². The Morgan fingerprint density at radius 1 is 0.472 bits per heavy atom. The van der Waals surface area contributed by atoms with Crippen molar-refractivity contribution >= 4 is 46.3 Å². The Labute approximate surface area is 218 Å². The Morgan fingerprint density at radius 2 is 0.750 bits per heavy atom. The van der Waals surface area contributed by atoms with E-state index in [1.165, 1.54) is 0 Å². The molecule has 0 spiro atoms. The average molecular weight is 513 g/mol. The van der Waals surface area contributed by atoms with Crippen molar-refractivity contribution in [1.29, 1.82) is 0 Å². The maximum Gasteiger partial charge on any atom is 0.0857 e. The number of azo groups is 1. The molecule has 0 aliphatic carbocycles. The first-order valence-electron chi connectivity index (χ1n) is 11.1. The van der Waals surface area contributed by atoms with Crippen LogP contribution >= 0.6 is 23.5 Å². The van der Waals surface area contributed by atoms with Gasteiger partial charge in [0.15, 0.2) is 0 Å². The first-order chi connectivity index (χ1) is 17.5. The molecule has 0 saturated carbocycles. The van der Waals surface area contributed by atoms with Crippen LogP contribution in [0.4, 0.5) is 11.4 Å². The molecule has 0 unspecified atom stereocenters. The van der Waals surface area contributed by atoms with Gasteiger partial charge in [-0.05, 0) is 97.8 Å². The predicted octanol–water partition coefficient (Wildman–Crippen LogP) is 8.80. The van der Waals surface area contributed by atoms with Gasteiger partial charge in [0.05, 0.1) is 22.8 Å². The first-order valence-corrected chi connectivity index (χ1v) is 12.7. The summed E-state index contributed by atoms with van der Waals surface area (Å²) in [6, 6.07) is 31.6. The van der Waals surface area contributed by atoms with Crippen molar-refractivity contribution in [3.63, 3.8) is 0 Å². The second-order valence-corrected chi connectivity index (χ2v) is 10.1. The molecule has 4 aromatic carbocycles. The monoisotopic (exact) mass is 512 g/mol. The summed E-state index contributed by atoms with van der Waals surface area (Å²) >= 11 is 3.30. The quantitative estimate of drug-likeness (QED) is 0.107. The summed E-state index contributed by atoms with van der Waals surface area (Å²) in [7, 11) is 0. The molecule has 8 heteroatoms. The van der Waals surface area contributed by atoms with Crippen molar-refractivity contribution < 1.29 is 10.4 Å². The van der Waals surface area contributed by atoms with Crippen LogP contribution in [-0.4, -0.2) is 21.8 Å². The lowest BCUT2D eigenvalue weighted by molar-refractivity contribution is 0.319. The topological polar surface area (TPSA) is 89.9 Å². The third-order valence-electron chi connectivity index (χ3n) is 5.27. The minimum absolute atomic E-state index is 0.588. The van der Waals surface area contributed by atoms with E-state index in [-0.39, 0.29) is 0 Å². The van der Waals surface area contributed by atoms with Crippen molar-refractivity contribution in [3.8, 4) is 0 Å². The molecule has 180 valence electrons. The Balaban J connectivity index is 1.33. The highest BCUT2D eigenvalue weighted by Crippen LogP contribution is 2.31. The lowest BCUT2D eigenvalue weighted by Gasteiger charge is -2.04. The summed E-state index contributed by atoms with van der Waals surface area (Å²) < 4.78 is 0. The molecule has 0 aliphatic heterocycles. The van der Waals surface area contributed by atoms with Gasteiger partial charge in [-0.1, -0.05) is 58.1 Å². The predicted molar refractivity (Wildman–Crippen MR) is 146 cm³/mol. The Hall–Kier alpha value is -3.88. The number of nitrogens with zero attached hydrogens (tertiary/aromatic N) is 4. The molecular weight excluding hydrogens is 488 g/mol. The van der Waals surface area contributed by atoms with E-state index in [1.807, 2.05) is 97.1 Å². The SMILES string of the molecule is CC(=NO)c1ccc(Sc2ccc(N=Nc3ccc(Sc4ccc(C(C)=NO)cc4)cc3)cc2)cc1. The molecule has 0 saturated heterocycles. The lowest BCUT2D eigenvalue weighted by Crippen LogP contribution is -1.93. The molecule has 0 radical (unpaired) electrons. The molecule has 0 amide bonds. The van der Waals surface area contributed by atoms with E-state index >= 15 is 0 Å². The molecule has 4 aromatic rings. The van der Waals surface area contributed by atoms with E-state index < -0.39 is 0 Å². The third-order valence-corrected chi connectivity index (χ3v) is 7.30. The summed E-state index contributed by atoms with van der Waals surface area (Å²) in [5.41, 5.74) is 4.52. The van der Waals surface area contributed by atoms with E-state index in [9.17, 15) is 0 Å². The van der Waals surface area contributed by atoms with E-state index in [0.29, 0.717) is 11.4 Å². The summed E-state index contributed by atoms with van der Waals surface area (Å²) in [6.45, 7) is 3.53. The number of hydrogen-bond donors (Lipinski definition) is 2. The van der Waals surface area contributed by atoms with Crippen LogP contribution in [0.3, 0.4) is 0 Å². The van der Waals surface area contributed by atoms with Crippen LogP contribution in [0.2, 0.25) is 0 Å². The van der Waals surface area contributed by atoms with Gasteiger partial charge in [0.2, 0.25) is 0 Å². The molecular formula is C28H24N4O2S2. The molecule has 0 atom stereocenters. The molecule has 0 aliphatic rings. The van der Waals surface area contributed by atoms with Crippen LogP contribution in [0.5, 0.6) is 0 Å². The fourth-order valence-corrected chi connectivity index (χ4v) is 4.83. The van der Waals surface area contributed by atoms with Crippen LogP contribution in [-0.2, 0) is 0 Å². The fourth-order valence-electron chi connectivity index (χ4n) is 3.19. The van der Waals surface area contributed by atoms with Gasteiger partial charge in [0, 0.05) is 19.6 Å². The van der Waals surface area contributed by atoms with Crippen molar-refractivity contribution in [2.45, 2.75) is 33.4 Å². The van der Waals surface area contributed by atoms with E-state index in [4.69, 9.17) is 10.4 Å². The summed E-state index contributed by atoms with van der Waals surface area (Å²) in [4.78, 5) is 4.40. The lowest BCUT2D eigenvalue weighted by atomic mass is 10.1. The normalized spacial score (nSPS) is 12.3. The maximum atomic E-state index is 8.89. The van der Waals surface area contributed by atoms with Gasteiger partial charge in [-0.15, -0.1) is 0 Å². The Kier molecular flexibility index (Phi) is 8.54. The summed E-state index contributed by atoms with van der Waals surface area (Å²) in [6.07, 6.45) is 0. The minimum Gasteiger partial charge on any atom is -0.411 e. The molecule has 36 heavy (non-hydrogen) atoms. The summed E-state index contributed by atoms with van der Waals surface area (Å²) in [5, 5.41) is 32.9. The Bertz CT molecular complexity index is 1270. The highest BCUT2D eigenvalue weighted by molar-refractivity contribution is 7.99. The van der Waals surface area contributed by atoms with Gasteiger partial charge < -0.3 is 10.4 Å². The van der Waals surface area contributed by atoms with Crippen LogP contribution < -0.4 is 0 Å². The van der Waals surface area contributed by atoms with E-state index in [1.54, 1.807) is 37.4 Å². The molecule has 4 rings (SSSR count). The number of oxime groups is 2. The van der Waals surface area contributed by atoms with Crippen molar-refractivity contribution in [2.75, 3.05) is 0 Å². The van der Waals surface area contributed by atoms with Crippen molar-refractivity contribution in [3.05, 3.63) is 108 Å². The minimum atomic E-state index is 0.588. The highest BCUT2D eigenvalue weighted by Gasteiger charge is 2.03. The van der Waals surface area contributed by atoms with Gasteiger partial charge in [0.25, 0.3) is 0 Å². The van der Waals surface area contributed by atoms with E-state index in [0.717, 1.165) is 42.1 Å². The van der Waals surface area contributed by atoms with Crippen molar-refractivity contribution in [2.24, 2.45) is 20.5 Å². The van der Waals surface area contributed by atoms with Gasteiger partial charge in [-0.2, -0.15) is 10.2 Å². The van der Waals surface area contributed by atoms with Crippen LogP contribution in [0.1, 0.15) is 25.0 Å². The smallest absolute Gasteiger partial charge is 0.0857 e. The zero-order valence-electron chi connectivity index (χ0n) is 19.7. The van der Waals surface area contributed by atoms with Gasteiger partial charge in [-0.3, -0.25) is 0 Å². The van der Waals surface area contributed by atoms with Crippen LogP contribution in [0.25, 0.3) is 0 Å². The van der Waals surface area contributed by atoms with Gasteiger partial charge >= 0.3 is 0 Å². The zero-order chi connectivity index (χ0) is 25.3. The average Bonchev–Trinajstić information content (AvgIpc) is 2.93. The maximum absolute atomic E-state index is 8.89. The second kappa shape index (κ2) is 12.2. The number of benzene rings is 4. The molecule has 6 nitrogen and oxygen atoms in total. The van der Waals surface area contributed by atoms with Crippen LogP contribution in [0.15, 0.2) is 137 Å². The van der Waals surface area contributed by atoms with Crippen LogP contribution in [0, 0.1) is 0 Å². The molecule has 0 heterocycles. The summed E-state index contributed by atoms with van der Waals surface area (Å²) in [5.74, 6) is 0. The molecule has 0 aromatic heterocycles. The fraction of sp³-hybridized carbons (Fsp3) is 0.0714. The second-order valence-electron chi connectivity index (χ2n) is 7.81. The molecule has 0 fully saturated rings. The zero-order valence-corrected chi connectivity index (χ0v) is 21.4. The Morgan fingerprint density at radius 3 is 1.03 bits per heavy atom. The number of rotatable bonds is 8. The largest absolute Gasteiger partial charge is 0.411 e. The van der Waals surface area contributed by atoms with Gasteiger partial charge in [0.1, 0.15) is 0 Å². The van der Waals surface area contributed by atoms with Crippen molar-refractivity contribution in [1.82, 2.24) is 0 Å². The number of hydrogen-bond acceptors (Lipinski definition) is 8. The molecule has 0 bridgehead atoms.